The fourth-order valence-electron chi connectivity index (χ4n) is 3.05. The molecule has 1 fully saturated rings. The number of aliphatic hydroxyl groups excluding tert-OH is 1. The predicted molar refractivity (Wildman–Crippen MR) is 111 cm³/mol. The van der Waals surface area contributed by atoms with Gasteiger partial charge in [-0.25, -0.2) is 18.5 Å². The van der Waals surface area contributed by atoms with Gasteiger partial charge < -0.3 is 40.3 Å². The number of nitrogens with zero attached hydrogens (tertiary/aromatic N) is 2. The molecule has 21 heteroatoms. The fourth-order valence-corrected chi connectivity index (χ4v) is 6.40. The maximum Gasteiger partial charge on any atom is 0.490 e. The molecule has 0 saturated carbocycles. The lowest BCUT2D eigenvalue weighted by Gasteiger charge is -2.27. The monoisotopic (exact) mass is 569 g/mol. The number of aryl methyl sites for hydroxylation is 1. The largest absolute Gasteiger partial charge is 0.490 e. The Balaban J connectivity index is 2.37. The third-order valence-electron chi connectivity index (χ3n) is 4.25. The molecule has 0 aliphatic carbocycles. The van der Waals surface area contributed by atoms with E-state index < -0.39 is 59.3 Å². The number of aliphatic hydroxyl groups is 2. The second-order valence-corrected chi connectivity index (χ2v) is 11.4. The first-order valence-electron chi connectivity index (χ1n) is 8.68. The number of nitrogens with two attached hydrogens (primary N) is 1. The first-order valence-corrected chi connectivity index (χ1v) is 13.6. The van der Waals surface area contributed by atoms with Crippen LogP contribution in [0.2, 0.25) is 0 Å². The number of hydrogen-bond donors (Lipinski definition) is 7. The molecule has 8 N–H and O–H groups in total. The van der Waals surface area contributed by atoms with Gasteiger partial charge in [-0.2, -0.15) is 13.6 Å². The van der Waals surface area contributed by atoms with Crippen molar-refractivity contribution in [2.45, 2.75) is 44.0 Å². The molecule has 1 aliphatic heterocycles. The van der Waals surface area contributed by atoms with Gasteiger partial charge in [0.2, 0.25) is 5.60 Å². The van der Waals surface area contributed by atoms with Crippen LogP contribution in [0.15, 0.2) is 10.9 Å². The maximum atomic E-state index is 12.4. The van der Waals surface area contributed by atoms with Crippen molar-refractivity contribution < 1.29 is 61.4 Å². The van der Waals surface area contributed by atoms with Crippen LogP contribution in [0.25, 0.3) is 0 Å². The Hall–Kier alpha value is -1.18. The summed E-state index contributed by atoms with van der Waals surface area (Å²) >= 11 is 5.37. The molecule has 1 aromatic heterocycles. The Morgan fingerprint density at radius 1 is 1.26 bits per heavy atom. The highest BCUT2D eigenvalue weighted by molar-refractivity contribution is 7.66. The average molecular weight is 570 g/mol. The van der Waals surface area contributed by atoms with Crippen molar-refractivity contribution in [1.29, 1.82) is 0 Å². The minimum Gasteiger partial charge on any atom is -0.386 e. The van der Waals surface area contributed by atoms with Crippen LogP contribution in [0, 0.1) is 18.2 Å². The molecule has 0 spiro atoms. The van der Waals surface area contributed by atoms with Crippen LogP contribution in [0.4, 0.5) is 5.82 Å². The standard InChI is InChI=1S/C13H19ClN3O14P3/c1-6-5-8(15)16-12(19)17(6)11-13(20,3-4-14)10(18)9(28-11)7(2)29-33(24,25)31-34(26,27)30-32(21,22)23/h5,7,9-11,18,20H,1-2H3,(H,24,25)(H,26,27)(H2,15,16,19)(H2,21,22,23)/t7-,9+,10-,11+,13?/m0/s1. The van der Waals surface area contributed by atoms with Gasteiger partial charge >= 0.3 is 29.2 Å². The molecule has 34 heavy (non-hydrogen) atoms. The van der Waals surface area contributed by atoms with Crippen LogP contribution in [-0.4, -0.2) is 63.3 Å². The second-order valence-electron chi connectivity index (χ2n) is 6.82. The van der Waals surface area contributed by atoms with Gasteiger partial charge in [0.15, 0.2) is 6.23 Å². The number of hydrogen-bond acceptors (Lipinski definition) is 12. The number of nitrogen functional groups attached to an aromatic ring is 1. The summed E-state index contributed by atoms with van der Waals surface area (Å²) in [4.78, 5) is 51.9. The molecule has 1 saturated heterocycles. The van der Waals surface area contributed by atoms with Gasteiger partial charge in [-0.15, -0.1) is 0 Å². The lowest BCUT2D eigenvalue weighted by Crippen LogP contribution is -2.49. The molecule has 1 aliphatic rings. The van der Waals surface area contributed by atoms with E-state index in [-0.39, 0.29) is 11.5 Å². The van der Waals surface area contributed by atoms with Crippen molar-refractivity contribution in [3.63, 3.8) is 0 Å². The molecule has 2 rings (SSSR count). The van der Waals surface area contributed by atoms with Crippen LogP contribution < -0.4 is 11.4 Å². The predicted octanol–water partition coefficient (Wildman–Crippen LogP) is -0.945. The Bertz CT molecular complexity index is 1210. The van der Waals surface area contributed by atoms with Crippen molar-refractivity contribution in [3.05, 3.63) is 22.2 Å². The van der Waals surface area contributed by atoms with Gasteiger partial charge in [-0.3, -0.25) is 9.09 Å². The Morgan fingerprint density at radius 3 is 2.35 bits per heavy atom. The molecular formula is C13H19ClN3O14P3. The number of phosphoric ester groups is 1. The van der Waals surface area contributed by atoms with E-state index in [1.165, 1.54) is 13.0 Å². The maximum absolute atomic E-state index is 12.4. The number of ether oxygens (including phenoxy) is 1. The molecule has 3 unspecified atom stereocenters. The number of phosphoric acid groups is 3. The van der Waals surface area contributed by atoms with Crippen molar-refractivity contribution >= 4 is 40.9 Å². The van der Waals surface area contributed by atoms with Crippen LogP contribution >= 0.6 is 35.1 Å². The normalized spacial score (nSPS) is 29.5. The summed E-state index contributed by atoms with van der Waals surface area (Å²) in [6.45, 7) is 2.37. The summed E-state index contributed by atoms with van der Waals surface area (Å²) in [5.74, 6) is 1.90. The summed E-state index contributed by atoms with van der Waals surface area (Å²) in [5.41, 5.74) is 1.97. The van der Waals surface area contributed by atoms with Crippen molar-refractivity contribution in [2.75, 3.05) is 5.73 Å². The van der Waals surface area contributed by atoms with Crippen LogP contribution in [0.3, 0.4) is 0 Å². The first-order chi connectivity index (χ1) is 15.3. The van der Waals surface area contributed by atoms with Crippen molar-refractivity contribution in [3.8, 4) is 11.3 Å². The lowest BCUT2D eigenvalue weighted by molar-refractivity contribution is -0.0876. The molecular weight excluding hydrogens is 551 g/mol. The molecule has 0 aromatic carbocycles. The van der Waals surface area contributed by atoms with Crippen LogP contribution in [-0.2, 0) is 31.6 Å². The number of halogens is 1. The zero-order valence-corrected chi connectivity index (χ0v) is 20.5. The highest BCUT2D eigenvalue weighted by atomic mass is 35.5. The molecule has 2 heterocycles. The number of aromatic nitrogens is 2. The summed E-state index contributed by atoms with van der Waals surface area (Å²) < 4.78 is 52.3. The highest BCUT2D eigenvalue weighted by Crippen LogP contribution is 2.66. The zero-order chi connectivity index (χ0) is 26.3. The third-order valence-corrected chi connectivity index (χ3v) is 8.27. The smallest absolute Gasteiger partial charge is 0.386 e. The first kappa shape index (κ1) is 29.1. The minimum absolute atomic E-state index is 0.102. The SMILES string of the molecule is Cc1cc(N)nc(=O)n1[C@@H]1O[C@H]([C@H](C)OP(=O)(O)OP(=O)(O)OP(=O)(O)O)[C@H](O)C1(O)C#CCl. The van der Waals surface area contributed by atoms with E-state index in [0.717, 1.165) is 11.5 Å². The zero-order valence-electron chi connectivity index (χ0n) is 17.0. The van der Waals surface area contributed by atoms with Crippen molar-refractivity contribution in [2.24, 2.45) is 0 Å². The molecule has 17 nitrogen and oxygen atoms in total. The average Bonchev–Trinajstić information content (AvgIpc) is 2.83. The van der Waals surface area contributed by atoms with Crippen LogP contribution in [0.1, 0.15) is 18.8 Å². The number of rotatable bonds is 8. The highest BCUT2D eigenvalue weighted by Gasteiger charge is 2.59. The summed E-state index contributed by atoms with van der Waals surface area (Å²) in [7, 11) is -17.1. The molecule has 192 valence electrons. The third kappa shape index (κ3) is 6.73. The van der Waals surface area contributed by atoms with E-state index in [9.17, 15) is 38.5 Å². The summed E-state index contributed by atoms with van der Waals surface area (Å²) in [6.07, 6.45) is -7.39. The van der Waals surface area contributed by atoms with Gasteiger partial charge in [0, 0.05) is 11.1 Å². The Labute approximate surface area is 195 Å². The summed E-state index contributed by atoms with van der Waals surface area (Å²) in [6, 6.07) is 1.23. The second kappa shape index (κ2) is 10.1. The van der Waals surface area contributed by atoms with Gasteiger partial charge in [-0.05, 0) is 37.4 Å². The molecule has 7 atom stereocenters. The van der Waals surface area contributed by atoms with Gasteiger partial charge in [0.1, 0.15) is 18.0 Å². The molecule has 0 radical (unpaired) electrons. The lowest BCUT2D eigenvalue weighted by atomic mass is 9.93. The Kier molecular flexibility index (Phi) is 8.59. The van der Waals surface area contributed by atoms with Crippen molar-refractivity contribution in [1.82, 2.24) is 9.55 Å². The summed E-state index contributed by atoms with van der Waals surface area (Å²) in [5, 5.41) is 23.4. The van der Waals surface area contributed by atoms with Gasteiger partial charge in [0.05, 0.1) is 6.10 Å². The van der Waals surface area contributed by atoms with Crippen LogP contribution in [0.5, 0.6) is 0 Å². The molecule has 0 bridgehead atoms. The van der Waals surface area contributed by atoms with Gasteiger partial charge in [-0.1, -0.05) is 0 Å². The van der Waals surface area contributed by atoms with E-state index in [4.69, 9.17) is 31.9 Å². The molecule has 0 amide bonds. The van der Waals surface area contributed by atoms with E-state index in [2.05, 4.69) is 24.0 Å². The minimum atomic E-state index is -5.81. The fraction of sp³-hybridized carbons (Fsp3) is 0.538. The Morgan fingerprint density at radius 2 is 1.85 bits per heavy atom. The van der Waals surface area contributed by atoms with E-state index in [0.29, 0.717) is 0 Å². The topological polar surface area (TPSA) is 270 Å². The van der Waals surface area contributed by atoms with E-state index >= 15 is 0 Å². The molecule has 1 aromatic rings. The van der Waals surface area contributed by atoms with E-state index in [1.54, 1.807) is 0 Å². The van der Waals surface area contributed by atoms with Gasteiger partial charge in [0.25, 0.3) is 0 Å². The number of anilines is 1. The quantitative estimate of drug-likeness (QED) is 0.147. The van der Waals surface area contributed by atoms with E-state index in [1.807, 2.05) is 5.38 Å².